The number of benzene rings is 2. The van der Waals surface area contributed by atoms with Gasteiger partial charge in [-0.05, 0) is 30.2 Å². The van der Waals surface area contributed by atoms with E-state index in [0.29, 0.717) is 10.6 Å². The molecule has 0 aliphatic rings. The van der Waals surface area contributed by atoms with E-state index < -0.39 is 5.41 Å². The van der Waals surface area contributed by atoms with Crippen LogP contribution in [0.1, 0.15) is 18.1 Å². The molecular formula is C17H13BrClNO. The van der Waals surface area contributed by atoms with Crippen molar-refractivity contribution in [2.24, 2.45) is 0 Å². The molecule has 106 valence electrons. The lowest BCUT2D eigenvalue weighted by molar-refractivity contribution is -0.120. The van der Waals surface area contributed by atoms with E-state index in [4.69, 9.17) is 11.6 Å². The minimum absolute atomic E-state index is 0.185. The predicted octanol–water partition coefficient (Wildman–Crippen LogP) is 4.70. The Balaban J connectivity index is 2.52. The van der Waals surface area contributed by atoms with Gasteiger partial charge in [-0.25, -0.2) is 0 Å². The molecule has 1 unspecified atom stereocenters. The lowest BCUT2D eigenvalue weighted by Crippen LogP contribution is -2.35. The molecule has 0 heterocycles. The largest absolute Gasteiger partial charge is 0.298 e. The van der Waals surface area contributed by atoms with Crippen LogP contribution in [0.25, 0.3) is 0 Å². The number of hydrogen-bond donors (Lipinski definition) is 0. The molecule has 0 amide bonds. The Morgan fingerprint density at radius 2 is 1.95 bits per heavy atom. The lowest BCUT2D eigenvalue weighted by Gasteiger charge is -2.25. The Labute approximate surface area is 137 Å². The fourth-order valence-electron chi connectivity index (χ4n) is 2.29. The van der Waals surface area contributed by atoms with Gasteiger partial charge in [-0.3, -0.25) is 4.79 Å². The predicted molar refractivity (Wildman–Crippen MR) is 87.3 cm³/mol. The number of carbonyl (C=O) groups is 1. The van der Waals surface area contributed by atoms with Gasteiger partial charge in [0.05, 0.1) is 6.07 Å². The van der Waals surface area contributed by atoms with Gasteiger partial charge in [0.2, 0.25) is 0 Å². The fraction of sp³-hybridized carbons (Fsp3) is 0.176. The van der Waals surface area contributed by atoms with Gasteiger partial charge < -0.3 is 0 Å². The zero-order valence-electron chi connectivity index (χ0n) is 11.4. The van der Waals surface area contributed by atoms with Crippen molar-refractivity contribution in [3.05, 3.63) is 69.2 Å². The first-order valence-corrected chi connectivity index (χ1v) is 7.58. The summed E-state index contributed by atoms with van der Waals surface area (Å²) in [5, 5.41) is 10.2. The van der Waals surface area contributed by atoms with E-state index >= 15 is 0 Å². The minimum Gasteiger partial charge on any atom is -0.298 e. The third kappa shape index (κ3) is 3.18. The molecule has 0 aliphatic carbocycles. The zero-order valence-corrected chi connectivity index (χ0v) is 13.8. The summed E-state index contributed by atoms with van der Waals surface area (Å²) in [5.41, 5.74) is 0.262. The van der Waals surface area contributed by atoms with Gasteiger partial charge in [0, 0.05) is 15.9 Å². The Morgan fingerprint density at radius 1 is 1.29 bits per heavy atom. The number of carbonyl (C=O) groups excluding carboxylic acids is 1. The van der Waals surface area contributed by atoms with Crippen LogP contribution >= 0.6 is 27.5 Å². The second kappa shape index (κ2) is 6.43. The van der Waals surface area contributed by atoms with Gasteiger partial charge >= 0.3 is 0 Å². The van der Waals surface area contributed by atoms with Crippen molar-refractivity contribution in [3.63, 3.8) is 0 Å². The maximum Gasteiger partial charge on any atom is 0.154 e. The molecule has 21 heavy (non-hydrogen) atoms. The zero-order chi connectivity index (χ0) is 15.5. The summed E-state index contributed by atoms with van der Waals surface area (Å²) in [4.78, 5) is 12.2. The molecule has 0 bridgehead atoms. The highest BCUT2D eigenvalue weighted by Crippen LogP contribution is 2.32. The van der Waals surface area contributed by atoms with Crippen LogP contribution < -0.4 is 0 Å². The van der Waals surface area contributed by atoms with Crippen LogP contribution in [0.15, 0.2) is 53.0 Å². The molecule has 2 aromatic carbocycles. The number of Topliss-reactive ketones (excluding diaryl/α,β-unsaturated/α-hetero) is 1. The molecule has 0 saturated carbocycles. The standard InChI is InChI=1S/C17H13BrClNO/c1-12(21)17(11-20,14-5-3-2-4-6-14)10-13-7-8-15(18)9-16(13)19/h2-9H,10H2,1H3. The van der Waals surface area contributed by atoms with Crippen LogP contribution in [0, 0.1) is 11.3 Å². The van der Waals surface area contributed by atoms with Crippen LogP contribution in [0.2, 0.25) is 5.02 Å². The Hall–Kier alpha value is -1.63. The molecule has 0 saturated heterocycles. The maximum absolute atomic E-state index is 12.2. The monoisotopic (exact) mass is 361 g/mol. The van der Waals surface area contributed by atoms with Crippen molar-refractivity contribution in [1.29, 1.82) is 5.26 Å². The Bertz CT molecular complexity index is 708. The van der Waals surface area contributed by atoms with Crippen molar-refractivity contribution in [2.45, 2.75) is 18.8 Å². The molecule has 2 rings (SSSR count). The van der Waals surface area contributed by atoms with Crippen molar-refractivity contribution < 1.29 is 4.79 Å². The molecule has 0 aromatic heterocycles. The summed E-state index contributed by atoms with van der Waals surface area (Å²) < 4.78 is 0.862. The van der Waals surface area contributed by atoms with Gasteiger partial charge in [0.15, 0.2) is 5.78 Å². The van der Waals surface area contributed by atoms with Gasteiger partial charge in [-0.15, -0.1) is 0 Å². The SMILES string of the molecule is CC(=O)C(C#N)(Cc1ccc(Br)cc1Cl)c1ccccc1. The van der Waals surface area contributed by atoms with Gasteiger partial charge in [-0.2, -0.15) is 5.26 Å². The van der Waals surface area contributed by atoms with Crippen molar-refractivity contribution in [2.75, 3.05) is 0 Å². The molecule has 2 aromatic rings. The normalized spacial score (nSPS) is 13.2. The first-order valence-electron chi connectivity index (χ1n) is 6.41. The quantitative estimate of drug-likeness (QED) is 0.791. The highest BCUT2D eigenvalue weighted by molar-refractivity contribution is 9.10. The summed E-state index contributed by atoms with van der Waals surface area (Å²) in [6.45, 7) is 1.45. The lowest BCUT2D eigenvalue weighted by atomic mass is 9.74. The van der Waals surface area contributed by atoms with Crippen LogP contribution in [-0.2, 0) is 16.6 Å². The Morgan fingerprint density at radius 3 is 2.48 bits per heavy atom. The average molecular weight is 363 g/mol. The first kappa shape index (κ1) is 15.8. The number of rotatable bonds is 4. The summed E-state index contributed by atoms with van der Waals surface area (Å²) in [5.74, 6) is -0.185. The topological polar surface area (TPSA) is 40.9 Å². The molecule has 0 radical (unpaired) electrons. The molecule has 0 spiro atoms. The molecule has 2 nitrogen and oxygen atoms in total. The maximum atomic E-state index is 12.2. The van der Waals surface area contributed by atoms with E-state index in [9.17, 15) is 10.1 Å². The van der Waals surface area contributed by atoms with Gasteiger partial charge in [0.25, 0.3) is 0 Å². The third-order valence-electron chi connectivity index (χ3n) is 3.53. The van der Waals surface area contributed by atoms with Crippen molar-refractivity contribution in [3.8, 4) is 6.07 Å². The van der Waals surface area contributed by atoms with E-state index in [1.165, 1.54) is 6.92 Å². The second-order valence-electron chi connectivity index (χ2n) is 4.85. The highest BCUT2D eigenvalue weighted by atomic mass is 79.9. The molecule has 0 N–H and O–H groups in total. The molecule has 1 atom stereocenters. The molecule has 0 aliphatic heterocycles. The number of nitrogens with zero attached hydrogens (tertiary/aromatic N) is 1. The summed E-state index contributed by atoms with van der Waals surface area (Å²) in [6, 6.07) is 16.8. The van der Waals surface area contributed by atoms with E-state index in [1.54, 1.807) is 18.2 Å². The van der Waals surface area contributed by atoms with Crippen LogP contribution in [0.5, 0.6) is 0 Å². The smallest absolute Gasteiger partial charge is 0.154 e. The summed E-state index contributed by atoms with van der Waals surface area (Å²) >= 11 is 9.58. The van der Waals surface area contributed by atoms with Crippen molar-refractivity contribution >= 4 is 33.3 Å². The molecule has 0 fully saturated rings. The van der Waals surface area contributed by atoms with E-state index in [-0.39, 0.29) is 12.2 Å². The number of nitriles is 1. The Kier molecular flexibility index (Phi) is 4.82. The highest BCUT2D eigenvalue weighted by Gasteiger charge is 2.38. The third-order valence-corrected chi connectivity index (χ3v) is 4.37. The van der Waals surface area contributed by atoms with E-state index in [0.717, 1.165) is 10.0 Å². The molecule has 4 heteroatoms. The first-order chi connectivity index (χ1) is 9.99. The van der Waals surface area contributed by atoms with Crippen molar-refractivity contribution in [1.82, 2.24) is 0 Å². The second-order valence-corrected chi connectivity index (χ2v) is 6.17. The summed E-state index contributed by atoms with van der Waals surface area (Å²) in [6.07, 6.45) is 0.259. The van der Waals surface area contributed by atoms with Crippen LogP contribution in [0.4, 0.5) is 0 Å². The van der Waals surface area contributed by atoms with E-state index in [2.05, 4.69) is 22.0 Å². The number of halogens is 2. The van der Waals surface area contributed by atoms with Gasteiger partial charge in [0.1, 0.15) is 5.41 Å². The van der Waals surface area contributed by atoms with Gasteiger partial charge in [-0.1, -0.05) is 63.9 Å². The average Bonchev–Trinajstić information content (AvgIpc) is 2.47. The summed E-state index contributed by atoms with van der Waals surface area (Å²) in [7, 11) is 0. The number of hydrogen-bond acceptors (Lipinski definition) is 2. The van der Waals surface area contributed by atoms with E-state index in [1.807, 2.05) is 30.3 Å². The number of ketones is 1. The minimum atomic E-state index is -1.21. The molecular weight excluding hydrogens is 350 g/mol. The van der Waals surface area contributed by atoms with Crippen LogP contribution in [0.3, 0.4) is 0 Å². The fourth-order valence-corrected chi connectivity index (χ4v) is 3.03. The van der Waals surface area contributed by atoms with Crippen LogP contribution in [-0.4, -0.2) is 5.78 Å².